The normalized spacial score (nSPS) is 12.1. The molecule has 0 radical (unpaired) electrons. The first-order chi connectivity index (χ1) is 11.9. The Hall–Kier alpha value is -2.14. The maximum atomic E-state index is 12.9. The Bertz CT molecular complexity index is 840. The Morgan fingerprint density at radius 2 is 1.77 bits per heavy atom. The molecule has 0 saturated carbocycles. The molecule has 1 rings (SSSR count). The number of carbonyl (C=O) groups is 2. The first kappa shape index (κ1) is 21.9. The Kier molecular flexibility index (Phi) is 7.16. The highest BCUT2D eigenvalue weighted by Crippen LogP contribution is 2.20. The molecule has 0 aromatic heterocycles. The van der Waals surface area contributed by atoms with Crippen molar-refractivity contribution >= 4 is 56.5 Å². The van der Waals surface area contributed by atoms with Crippen LogP contribution in [0.5, 0.6) is 5.75 Å². The molecule has 138 valence electrons. The molecule has 1 aromatic rings. The molecular formula is C13H15B3F2O7S. The van der Waals surface area contributed by atoms with E-state index in [2.05, 4.69) is 4.74 Å². The van der Waals surface area contributed by atoms with Crippen molar-refractivity contribution < 1.29 is 40.8 Å². The molecule has 13 heteroatoms. The van der Waals surface area contributed by atoms with Crippen molar-refractivity contribution in [1.29, 1.82) is 0 Å². The summed E-state index contributed by atoms with van der Waals surface area (Å²) in [6.07, 6.45) is 1.77. The second kappa shape index (κ2) is 8.50. The number of carbonyl (C=O) groups excluding carboxylic acids is 2. The van der Waals surface area contributed by atoms with E-state index in [0.29, 0.717) is 29.7 Å². The number of ether oxygens (including phenoxy) is 2. The summed E-state index contributed by atoms with van der Waals surface area (Å²) in [5.41, 5.74) is 2.47. The molecule has 0 aliphatic carbocycles. The van der Waals surface area contributed by atoms with Crippen molar-refractivity contribution in [2.24, 2.45) is 0 Å². The predicted octanol–water partition coefficient (Wildman–Crippen LogP) is -3.18. The minimum absolute atomic E-state index is 0.332. The summed E-state index contributed by atoms with van der Waals surface area (Å²) in [7, 11) is -0.218. The molecule has 0 heterocycles. The van der Waals surface area contributed by atoms with Gasteiger partial charge in [-0.25, -0.2) is 9.59 Å². The van der Waals surface area contributed by atoms with Crippen molar-refractivity contribution in [3.8, 4) is 5.75 Å². The third-order valence-corrected chi connectivity index (χ3v) is 4.07. The second-order valence-electron chi connectivity index (χ2n) is 5.40. The van der Waals surface area contributed by atoms with Gasteiger partial charge in [-0.05, 0) is 11.0 Å². The average molecular weight is 386 g/mol. The molecule has 1 aromatic carbocycles. The van der Waals surface area contributed by atoms with E-state index in [4.69, 9.17) is 9.29 Å². The Labute approximate surface area is 151 Å². The van der Waals surface area contributed by atoms with E-state index >= 15 is 0 Å². The van der Waals surface area contributed by atoms with Crippen LogP contribution in [0, 0.1) is 0 Å². The van der Waals surface area contributed by atoms with Crippen LogP contribution in [0.2, 0.25) is 0 Å². The van der Waals surface area contributed by atoms with Gasteiger partial charge >= 0.3 is 27.3 Å². The molecule has 0 saturated heterocycles. The van der Waals surface area contributed by atoms with Gasteiger partial charge in [-0.15, -0.1) is 0 Å². The summed E-state index contributed by atoms with van der Waals surface area (Å²) in [4.78, 5) is 23.1. The van der Waals surface area contributed by atoms with Crippen LogP contribution < -0.4 is 15.7 Å². The number of hydrogen-bond donors (Lipinski definition) is 1. The maximum absolute atomic E-state index is 12.9. The number of rotatable bonds is 7. The molecule has 0 aliphatic heterocycles. The summed E-state index contributed by atoms with van der Waals surface area (Å²) in [5.74, 6) is -2.01. The van der Waals surface area contributed by atoms with E-state index in [1.165, 1.54) is 0 Å². The zero-order valence-corrected chi connectivity index (χ0v) is 15.1. The van der Waals surface area contributed by atoms with E-state index in [-0.39, 0.29) is 0 Å². The summed E-state index contributed by atoms with van der Waals surface area (Å²) in [5, 5.41) is -4.65. The first-order valence-corrected chi connectivity index (χ1v) is 8.83. The lowest BCUT2D eigenvalue weighted by atomic mass is 9.81. The molecule has 0 bridgehead atoms. The zero-order valence-electron chi connectivity index (χ0n) is 14.3. The number of alkyl halides is 2. The van der Waals surface area contributed by atoms with Gasteiger partial charge in [-0.1, -0.05) is 23.9 Å². The lowest BCUT2D eigenvalue weighted by molar-refractivity contribution is -0.144. The van der Waals surface area contributed by atoms with Crippen LogP contribution >= 0.6 is 0 Å². The highest BCUT2D eigenvalue weighted by molar-refractivity contribution is 7.86. The van der Waals surface area contributed by atoms with Gasteiger partial charge in [-0.2, -0.15) is 17.2 Å². The summed E-state index contributed by atoms with van der Waals surface area (Å²) < 4.78 is 64.0. The topological polar surface area (TPSA) is 107 Å². The third kappa shape index (κ3) is 5.99. The van der Waals surface area contributed by atoms with Gasteiger partial charge in [0.1, 0.15) is 29.3 Å². The van der Waals surface area contributed by atoms with Crippen molar-refractivity contribution in [3.05, 3.63) is 29.8 Å². The highest BCUT2D eigenvalue weighted by Gasteiger charge is 2.45. The van der Waals surface area contributed by atoms with Gasteiger partial charge in [0, 0.05) is 12.2 Å². The quantitative estimate of drug-likeness (QED) is 0.173. The fraction of sp³-hybridized carbons (Fsp3) is 0.231. The second-order valence-corrected chi connectivity index (χ2v) is 6.95. The number of benzene rings is 1. The fourth-order valence-electron chi connectivity index (χ4n) is 2.00. The van der Waals surface area contributed by atoms with Crippen molar-refractivity contribution in [1.82, 2.24) is 0 Å². The molecule has 0 amide bonds. The van der Waals surface area contributed by atoms with E-state index in [9.17, 15) is 26.8 Å². The lowest BCUT2D eigenvalue weighted by Gasteiger charge is -2.12. The maximum Gasteiger partial charge on any atom is 0.402 e. The minimum atomic E-state index is -5.71. The van der Waals surface area contributed by atoms with Crippen LogP contribution in [0.3, 0.4) is 0 Å². The molecular weight excluding hydrogens is 371 g/mol. The Morgan fingerprint density at radius 3 is 2.31 bits per heavy atom. The van der Waals surface area contributed by atoms with E-state index < -0.39 is 33.9 Å². The molecule has 0 unspecified atom stereocenters. The minimum Gasteiger partial charge on any atom is -0.455 e. The summed E-state index contributed by atoms with van der Waals surface area (Å²) in [6, 6.07) is 3.64. The van der Waals surface area contributed by atoms with Gasteiger partial charge in [0.05, 0.1) is 0 Å². The first-order valence-electron chi connectivity index (χ1n) is 7.39. The smallest absolute Gasteiger partial charge is 0.402 e. The van der Waals surface area contributed by atoms with E-state index in [0.717, 1.165) is 11.0 Å². The molecule has 0 atom stereocenters. The van der Waals surface area contributed by atoms with Crippen LogP contribution in [0.1, 0.15) is 5.56 Å². The van der Waals surface area contributed by atoms with Crippen molar-refractivity contribution in [2.75, 3.05) is 6.61 Å². The zero-order chi connectivity index (χ0) is 20.1. The van der Waals surface area contributed by atoms with Gasteiger partial charge in [0.25, 0.3) is 0 Å². The van der Waals surface area contributed by atoms with Crippen LogP contribution in [-0.4, -0.2) is 60.3 Å². The Morgan fingerprint density at radius 1 is 1.19 bits per heavy atom. The number of hydrogen-bond acceptors (Lipinski definition) is 6. The van der Waals surface area contributed by atoms with E-state index in [1.54, 1.807) is 13.9 Å². The number of halogens is 2. The van der Waals surface area contributed by atoms with Gasteiger partial charge in [0.15, 0.2) is 6.61 Å². The van der Waals surface area contributed by atoms with Crippen molar-refractivity contribution in [3.63, 3.8) is 0 Å². The highest BCUT2D eigenvalue weighted by atomic mass is 32.2. The monoisotopic (exact) mass is 386 g/mol. The van der Waals surface area contributed by atoms with Crippen molar-refractivity contribution in [2.45, 2.75) is 11.6 Å². The fourth-order valence-corrected chi connectivity index (χ4v) is 2.21. The predicted molar refractivity (Wildman–Crippen MR) is 97.3 cm³/mol. The van der Waals surface area contributed by atoms with Crippen LogP contribution in [0.4, 0.5) is 8.78 Å². The molecule has 0 aliphatic rings. The van der Waals surface area contributed by atoms with Crippen LogP contribution in [0.15, 0.2) is 24.3 Å². The standard InChI is InChI=1S/C13H15B3F2O7S/c14-5-7-3-8(15)4-9(16)12(7)25-11(20)2-1-10(19)24-6-13(17,18)26(21,22)23/h1-4H,5-6,14-16H2,(H,21,22,23)/b2-1+. The third-order valence-electron chi connectivity index (χ3n) is 3.19. The summed E-state index contributed by atoms with van der Waals surface area (Å²) in [6.45, 7) is -1.89. The molecule has 0 fully saturated rings. The van der Waals surface area contributed by atoms with Crippen LogP contribution in [-0.2, 0) is 30.8 Å². The molecule has 7 nitrogen and oxygen atoms in total. The molecule has 1 N–H and O–H groups in total. The molecule has 0 spiro atoms. The lowest BCUT2D eigenvalue weighted by Crippen LogP contribution is -2.34. The van der Waals surface area contributed by atoms with E-state index in [1.807, 2.05) is 21.8 Å². The van der Waals surface area contributed by atoms with Gasteiger partial charge in [0.2, 0.25) is 0 Å². The van der Waals surface area contributed by atoms with Crippen LogP contribution in [0.25, 0.3) is 0 Å². The largest absolute Gasteiger partial charge is 0.455 e. The number of esters is 2. The molecule has 26 heavy (non-hydrogen) atoms. The average Bonchev–Trinajstić information content (AvgIpc) is 2.52. The summed E-state index contributed by atoms with van der Waals surface area (Å²) >= 11 is 0. The SMILES string of the molecule is BCc1cc(B)cc(B)c1OC(=O)/C=C/C(=O)OCC(F)(F)S(=O)(=O)O. The van der Waals surface area contributed by atoms with Gasteiger partial charge in [-0.3, -0.25) is 4.55 Å². The van der Waals surface area contributed by atoms with Gasteiger partial charge < -0.3 is 9.47 Å². The Balaban J connectivity index is 2.73.